The van der Waals surface area contributed by atoms with Crippen molar-refractivity contribution in [1.82, 2.24) is 0 Å². The minimum Gasteiger partial charge on any atom is -0.404 e. The first-order chi connectivity index (χ1) is 8.85. The van der Waals surface area contributed by atoms with Crippen molar-refractivity contribution < 1.29 is 17.9 Å². The number of anilines is 1. The maximum Gasteiger partial charge on any atom is 0.573 e. The van der Waals surface area contributed by atoms with E-state index in [1.165, 1.54) is 18.2 Å². The van der Waals surface area contributed by atoms with Crippen LogP contribution in [-0.4, -0.2) is 6.36 Å². The molecule has 0 saturated heterocycles. The summed E-state index contributed by atoms with van der Waals surface area (Å²) in [6.45, 7) is 0. The van der Waals surface area contributed by atoms with Gasteiger partial charge in [0.15, 0.2) is 0 Å². The van der Waals surface area contributed by atoms with Crippen LogP contribution in [0.2, 0.25) is 5.02 Å². The van der Waals surface area contributed by atoms with E-state index in [-0.39, 0.29) is 5.02 Å². The Morgan fingerprint density at radius 2 is 1.53 bits per heavy atom. The van der Waals surface area contributed by atoms with Gasteiger partial charge < -0.3 is 10.5 Å². The summed E-state index contributed by atoms with van der Waals surface area (Å²) in [5.74, 6) is -0.423. The molecular weight excluding hydrogens is 279 g/mol. The molecule has 2 rings (SSSR count). The summed E-state index contributed by atoms with van der Waals surface area (Å²) in [6, 6.07) is 11.0. The lowest BCUT2D eigenvalue weighted by Crippen LogP contribution is -2.17. The van der Waals surface area contributed by atoms with Crippen LogP contribution in [0.15, 0.2) is 42.5 Å². The molecule has 0 atom stereocenters. The van der Waals surface area contributed by atoms with Gasteiger partial charge in [0, 0.05) is 5.69 Å². The second-order valence-corrected chi connectivity index (χ2v) is 4.22. The molecule has 2 nitrogen and oxygen atoms in total. The van der Waals surface area contributed by atoms with Gasteiger partial charge in [-0.05, 0) is 35.4 Å². The minimum absolute atomic E-state index is 0.105. The summed E-state index contributed by atoms with van der Waals surface area (Å²) in [6.07, 6.45) is -4.76. The van der Waals surface area contributed by atoms with E-state index in [0.717, 1.165) is 5.56 Å². The Morgan fingerprint density at radius 3 is 2.05 bits per heavy atom. The topological polar surface area (TPSA) is 35.2 Å². The Labute approximate surface area is 112 Å². The highest BCUT2D eigenvalue weighted by atomic mass is 35.5. The van der Waals surface area contributed by atoms with Gasteiger partial charge in [-0.2, -0.15) is 0 Å². The first kappa shape index (κ1) is 13.5. The molecule has 0 aliphatic carbocycles. The number of halogens is 4. The van der Waals surface area contributed by atoms with Crippen molar-refractivity contribution in [2.45, 2.75) is 6.36 Å². The van der Waals surface area contributed by atoms with Gasteiger partial charge in [-0.25, -0.2) is 0 Å². The van der Waals surface area contributed by atoms with Gasteiger partial charge >= 0.3 is 6.36 Å². The molecule has 100 valence electrons. The Kier molecular flexibility index (Phi) is 3.57. The Morgan fingerprint density at radius 1 is 0.947 bits per heavy atom. The lowest BCUT2D eigenvalue weighted by molar-refractivity contribution is -0.274. The predicted octanol–water partition coefficient (Wildman–Crippen LogP) is 4.49. The second-order valence-electron chi connectivity index (χ2n) is 3.82. The number of nitrogen functional groups attached to an aromatic ring is 1. The molecule has 0 bridgehead atoms. The van der Waals surface area contributed by atoms with Gasteiger partial charge in [-0.15, -0.1) is 13.2 Å². The second kappa shape index (κ2) is 5.01. The van der Waals surface area contributed by atoms with E-state index >= 15 is 0 Å². The van der Waals surface area contributed by atoms with E-state index in [9.17, 15) is 13.2 Å². The Bertz CT molecular complexity index is 581. The first-order valence-electron chi connectivity index (χ1n) is 5.26. The van der Waals surface area contributed by atoms with E-state index in [0.29, 0.717) is 11.3 Å². The third-order valence-corrected chi connectivity index (χ3v) is 2.70. The summed E-state index contributed by atoms with van der Waals surface area (Å²) in [4.78, 5) is 0. The number of benzene rings is 2. The van der Waals surface area contributed by atoms with Crippen LogP contribution in [-0.2, 0) is 0 Å². The van der Waals surface area contributed by atoms with Crippen LogP contribution in [0.5, 0.6) is 5.75 Å². The molecule has 2 aromatic carbocycles. The quantitative estimate of drug-likeness (QED) is 0.826. The lowest BCUT2D eigenvalue weighted by Gasteiger charge is -2.11. The fourth-order valence-corrected chi connectivity index (χ4v) is 1.78. The van der Waals surface area contributed by atoms with Crippen LogP contribution in [0.1, 0.15) is 0 Å². The van der Waals surface area contributed by atoms with Gasteiger partial charge in [0.1, 0.15) is 5.75 Å². The first-order valence-corrected chi connectivity index (χ1v) is 5.64. The molecule has 0 heterocycles. The summed E-state index contributed by atoms with van der Waals surface area (Å²) in [5.41, 5.74) is 7.64. The number of hydrogen-bond donors (Lipinski definition) is 1. The van der Waals surface area contributed by atoms with E-state index < -0.39 is 12.1 Å². The summed E-state index contributed by atoms with van der Waals surface area (Å²) >= 11 is 5.77. The molecule has 0 unspecified atom stereocenters. The molecule has 0 aliphatic rings. The minimum atomic E-state index is -4.76. The number of hydrogen-bond acceptors (Lipinski definition) is 2. The average molecular weight is 288 g/mol. The highest BCUT2D eigenvalue weighted by Gasteiger charge is 2.32. The van der Waals surface area contributed by atoms with Gasteiger partial charge in [0.05, 0.1) is 5.02 Å². The zero-order chi connectivity index (χ0) is 14.0. The molecule has 0 aliphatic heterocycles. The monoisotopic (exact) mass is 287 g/mol. The fourth-order valence-electron chi connectivity index (χ4n) is 1.56. The van der Waals surface area contributed by atoms with Crippen molar-refractivity contribution >= 4 is 17.3 Å². The summed E-state index contributed by atoms with van der Waals surface area (Å²) in [5, 5.41) is -0.105. The standard InChI is InChI=1S/C13H9ClF3NO/c14-11-7-9(8-1-4-10(18)5-2-8)3-6-12(11)19-13(15,16)17/h1-7H,18H2. The van der Waals surface area contributed by atoms with Crippen molar-refractivity contribution in [1.29, 1.82) is 0 Å². The molecular formula is C13H9ClF3NO. The zero-order valence-corrected chi connectivity index (χ0v) is 10.3. The largest absolute Gasteiger partial charge is 0.573 e. The van der Waals surface area contributed by atoms with Gasteiger partial charge in [-0.1, -0.05) is 29.8 Å². The summed E-state index contributed by atoms with van der Waals surface area (Å²) < 4.78 is 40.1. The Balaban J connectivity index is 2.31. The zero-order valence-electron chi connectivity index (χ0n) is 9.54. The molecule has 0 amide bonds. The average Bonchev–Trinajstić information content (AvgIpc) is 2.31. The van der Waals surface area contributed by atoms with Crippen LogP contribution < -0.4 is 10.5 Å². The molecule has 2 N–H and O–H groups in total. The van der Waals surface area contributed by atoms with E-state index in [1.54, 1.807) is 24.3 Å². The van der Waals surface area contributed by atoms with E-state index in [1.807, 2.05) is 0 Å². The highest BCUT2D eigenvalue weighted by Crippen LogP contribution is 2.33. The molecule has 6 heteroatoms. The molecule has 0 aromatic heterocycles. The van der Waals surface area contributed by atoms with Crippen molar-refractivity contribution in [2.75, 3.05) is 5.73 Å². The van der Waals surface area contributed by atoms with Crippen molar-refractivity contribution in [3.8, 4) is 16.9 Å². The molecule has 2 aromatic rings. The molecule has 0 spiro atoms. The maximum absolute atomic E-state index is 12.1. The van der Waals surface area contributed by atoms with Crippen LogP contribution in [0, 0.1) is 0 Å². The van der Waals surface area contributed by atoms with Gasteiger partial charge in [-0.3, -0.25) is 0 Å². The van der Waals surface area contributed by atoms with Gasteiger partial charge in [0.2, 0.25) is 0 Å². The predicted molar refractivity (Wildman–Crippen MR) is 68.0 cm³/mol. The third kappa shape index (κ3) is 3.54. The van der Waals surface area contributed by atoms with Crippen molar-refractivity contribution in [2.24, 2.45) is 0 Å². The molecule has 0 saturated carbocycles. The normalized spacial score (nSPS) is 11.4. The van der Waals surface area contributed by atoms with Crippen LogP contribution >= 0.6 is 11.6 Å². The Hall–Kier alpha value is -1.88. The van der Waals surface area contributed by atoms with Crippen molar-refractivity contribution in [3.05, 3.63) is 47.5 Å². The number of nitrogens with two attached hydrogens (primary N) is 1. The van der Waals surface area contributed by atoms with Crippen LogP contribution in [0.4, 0.5) is 18.9 Å². The van der Waals surface area contributed by atoms with E-state index in [4.69, 9.17) is 17.3 Å². The summed E-state index contributed by atoms with van der Waals surface area (Å²) in [7, 11) is 0. The molecule has 0 radical (unpaired) electrons. The number of alkyl halides is 3. The SMILES string of the molecule is Nc1ccc(-c2ccc(OC(F)(F)F)c(Cl)c2)cc1. The smallest absolute Gasteiger partial charge is 0.404 e. The number of ether oxygens (including phenoxy) is 1. The molecule has 19 heavy (non-hydrogen) atoms. The lowest BCUT2D eigenvalue weighted by atomic mass is 10.1. The van der Waals surface area contributed by atoms with Gasteiger partial charge in [0.25, 0.3) is 0 Å². The maximum atomic E-state index is 12.1. The van der Waals surface area contributed by atoms with E-state index in [2.05, 4.69) is 4.74 Å². The third-order valence-electron chi connectivity index (χ3n) is 2.40. The fraction of sp³-hybridized carbons (Fsp3) is 0.0769. The molecule has 0 fully saturated rings. The van der Waals surface area contributed by atoms with Crippen molar-refractivity contribution in [3.63, 3.8) is 0 Å². The van der Waals surface area contributed by atoms with Crippen LogP contribution in [0.25, 0.3) is 11.1 Å². The van der Waals surface area contributed by atoms with Crippen LogP contribution in [0.3, 0.4) is 0 Å². The highest BCUT2D eigenvalue weighted by molar-refractivity contribution is 6.32. The number of rotatable bonds is 2.